The maximum absolute atomic E-state index is 14.3. The maximum atomic E-state index is 14.3. The Labute approximate surface area is 200 Å². The molecule has 2 aromatic rings. The third-order valence-electron chi connectivity index (χ3n) is 6.03. The van der Waals surface area contributed by atoms with Crippen LogP contribution in [0.4, 0.5) is 4.39 Å². The molecule has 0 radical (unpaired) electrons. The van der Waals surface area contributed by atoms with Crippen LogP contribution in [0.1, 0.15) is 57.4 Å². The molecular formula is C26H32ClFN2O3. The van der Waals surface area contributed by atoms with E-state index in [2.05, 4.69) is 5.32 Å². The van der Waals surface area contributed by atoms with E-state index in [1.165, 1.54) is 17.4 Å². The average Bonchev–Trinajstić information content (AvgIpc) is 2.82. The first-order chi connectivity index (χ1) is 15.9. The molecule has 1 aliphatic carbocycles. The second-order valence-corrected chi connectivity index (χ2v) is 8.97. The van der Waals surface area contributed by atoms with Gasteiger partial charge in [0.25, 0.3) is 0 Å². The third kappa shape index (κ3) is 7.74. The summed E-state index contributed by atoms with van der Waals surface area (Å²) < 4.78 is 20.0. The Kier molecular flexibility index (Phi) is 9.55. The zero-order chi connectivity index (χ0) is 23.6. The lowest BCUT2D eigenvalue weighted by atomic mass is 9.95. The number of carbonyl (C=O) groups excluding carboxylic acids is 2. The van der Waals surface area contributed by atoms with Crippen molar-refractivity contribution < 1.29 is 18.7 Å². The fraction of sp³-hybridized carbons (Fsp3) is 0.462. The quantitative estimate of drug-likeness (QED) is 0.462. The first-order valence-electron chi connectivity index (χ1n) is 11.7. The van der Waals surface area contributed by atoms with E-state index in [1.807, 2.05) is 0 Å². The van der Waals surface area contributed by atoms with Gasteiger partial charge in [0.1, 0.15) is 17.6 Å². The number of halogens is 2. The van der Waals surface area contributed by atoms with Crippen LogP contribution in [0, 0.1) is 5.82 Å². The largest absolute Gasteiger partial charge is 0.494 e. The normalized spacial score (nSPS) is 15.0. The Hall–Kier alpha value is -2.60. The standard InChI is InChI=1S/C26H32ClFN2O3/c1-19(26(32)29-22-9-3-2-4-10-22)30(18-20-8-5-6-11-24(20)28)25(31)12-7-17-33-23-15-13-21(27)14-16-23/h5-6,8,11,13-16,19,22H,2-4,7,9-10,12,17-18H2,1H3,(H,29,32). The van der Waals surface area contributed by atoms with Crippen molar-refractivity contribution in [3.8, 4) is 5.75 Å². The smallest absolute Gasteiger partial charge is 0.242 e. The zero-order valence-corrected chi connectivity index (χ0v) is 19.8. The summed E-state index contributed by atoms with van der Waals surface area (Å²) in [7, 11) is 0. The molecule has 0 aliphatic heterocycles. The molecule has 5 nitrogen and oxygen atoms in total. The second-order valence-electron chi connectivity index (χ2n) is 8.54. The predicted octanol–water partition coefficient (Wildman–Crippen LogP) is 5.50. The van der Waals surface area contributed by atoms with E-state index in [4.69, 9.17) is 16.3 Å². The summed E-state index contributed by atoms with van der Waals surface area (Å²) in [6.45, 7) is 2.10. The van der Waals surface area contributed by atoms with Gasteiger partial charge in [-0.15, -0.1) is 0 Å². The number of carbonyl (C=O) groups is 2. The molecule has 1 unspecified atom stereocenters. The van der Waals surface area contributed by atoms with Crippen LogP contribution in [-0.4, -0.2) is 35.4 Å². The van der Waals surface area contributed by atoms with Gasteiger partial charge in [-0.25, -0.2) is 4.39 Å². The fourth-order valence-electron chi connectivity index (χ4n) is 4.05. The van der Waals surface area contributed by atoms with Gasteiger partial charge in [-0.05, 0) is 56.5 Å². The number of hydrogen-bond acceptors (Lipinski definition) is 3. The number of rotatable bonds is 10. The van der Waals surface area contributed by atoms with Crippen molar-refractivity contribution in [3.63, 3.8) is 0 Å². The molecule has 0 heterocycles. The van der Waals surface area contributed by atoms with Crippen molar-refractivity contribution in [2.24, 2.45) is 0 Å². The Balaban J connectivity index is 1.60. The second kappa shape index (κ2) is 12.6. The molecule has 0 aromatic heterocycles. The van der Waals surface area contributed by atoms with Crippen molar-refractivity contribution in [1.29, 1.82) is 0 Å². The average molecular weight is 475 g/mol. The molecular weight excluding hydrogens is 443 g/mol. The molecule has 2 amide bonds. The van der Waals surface area contributed by atoms with Crippen LogP contribution in [0.3, 0.4) is 0 Å². The van der Waals surface area contributed by atoms with Crippen LogP contribution in [0.2, 0.25) is 5.02 Å². The lowest BCUT2D eigenvalue weighted by Crippen LogP contribution is -2.50. The molecule has 0 bridgehead atoms. The fourth-order valence-corrected chi connectivity index (χ4v) is 4.18. The molecule has 33 heavy (non-hydrogen) atoms. The third-order valence-corrected chi connectivity index (χ3v) is 6.29. The summed E-state index contributed by atoms with van der Waals surface area (Å²) in [6.07, 6.45) is 5.99. The van der Waals surface area contributed by atoms with Gasteiger partial charge in [-0.2, -0.15) is 0 Å². The van der Waals surface area contributed by atoms with Crippen molar-refractivity contribution in [2.45, 2.75) is 70.5 Å². The van der Waals surface area contributed by atoms with Crippen molar-refractivity contribution in [2.75, 3.05) is 6.61 Å². The Morgan fingerprint density at radius 2 is 1.82 bits per heavy atom. The molecule has 178 valence electrons. The van der Waals surface area contributed by atoms with Gasteiger partial charge < -0.3 is 15.0 Å². The topological polar surface area (TPSA) is 58.6 Å². The highest BCUT2D eigenvalue weighted by Gasteiger charge is 2.28. The number of nitrogens with one attached hydrogen (secondary N) is 1. The highest BCUT2D eigenvalue weighted by atomic mass is 35.5. The van der Waals surface area contributed by atoms with E-state index in [0.29, 0.717) is 29.4 Å². The highest BCUT2D eigenvalue weighted by molar-refractivity contribution is 6.30. The molecule has 3 rings (SSSR count). The summed E-state index contributed by atoms with van der Waals surface area (Å²) >= 11 is 5.88. The number of amides is 2. The SMILES string of the molecule is CC(C(=O)NC1CCCCC1)N(Cc1ccccc1F)C(=O)CCCOc1ccc(Cl)cc1. The molecule has 1 N–H and O–H groups in total. The minimum absolute atomic E-state index is 0.0444. The van der Waals surface area contributed by atoms with Crippen molar-refractivity contribution in [3.05, 3.63) is 64.9 Å². The van der Waals surface area contributed by atoms with E-state index in [1.54, 1.807) is 49.4 Å². The highest BCUT2D eigenvalue weighted by Crippen LogP contribution is 2.20. The van der Waals surface area contributed by atoms with E-state index >= 15 is 0 Å². The summed E-state index contributed by atoms with van der Waals surface area (Å²) in [6, 6.07) is 12.8. The number of nitrogens with zero attached hydrogens (tertiary/aromatic N) is 1. The Morgan fingerprint density at radius 1 is 1.12 bits per heavy atom. The lowest BCUT2D eigenvalue weighted by Gasteiger charge is -2.31. The van der Waals surface area contributed by atoms with Gasteiger partial charge in [0, 0.05) is 29.6 Å². The molecule has 0 saturated heterocycles. The Bertz CT molecular complexity index is 916. The van der Waals surface area contributed by atoms with E-state index < -0.39 is 6.04 Å². The summed E-state index contributed by atoms with van der Waals surface area (Å²) in [5.41, 5.74) is 0.389. The van der Waals surface area contributed by atoms with Crippen LogP contribution in [-0.2, 0) is 16.1 Å². The van der Waals surface area contributed by atoms with Crippen molar-refractivity contribution >= 4 is 23.4 Å². The van der Waals surface area contributed by atoms with Gasteiger partial charge in [-0.1, -0.05) is 49.1 Å². The van der Waals surface area contributed by atoms with Gasteiger partial charge >= 0.3 is 0 Å². The van der Waals surface area contributed by atoms with Crippen LogP contribution in [0.15, 0.2) is 48.5 Å². The number of ether oxygens (including phenoxy) is 1. The predicted molar refractivity (Wildman–Crippen MR) is 128 cm³/mol. The number of benzene rings is 2. The minimum atomic E-state index is -0.698. The molecule has 2 aromatic carbocycles. The number of hydrogen-bond donors (Lipinski definition) is 1. The van der Waals surface area contributed by atoms with Gasteiger partial charge in [0.2, 0.25) is 11.8 Å². The van der Waals surface area contributed by atoms with E-state index in [0.717, 1.165) is 25.7 Å². The van der Waals surface area contributed by atoms with Crippen LogP contribution in [0.5, 0.6) is 5.75 Å². The minimum Gasteiger partial charge on any atom is -0.494 e. The first kappa shape index (κ1) is 25.0. The van der Waals surface area contributed by atoms with Gasteiger partial charge in [-0.3, -0.25) is 9.59 Å². The molecule has 1 fully saturated rings. The summed E-state index contributed by atoms with van der Waals surface area (Å²) in [5.74, 6) is -0.107. The molecule has 1 aliphatic rings. The lowest BCUT2D eigenvalue weighted by molar-refractivity contribution is -0.141. The molecule has 1 atom stereocenters. The zero-order valence-electron chi connectivity index (χ0n) is 19.1. The van der Waals surface area contributed by atoms with Gasteiger partial charge in [0.15, 0.2) is 0 Å². The van der Waals surface area contributed by atoms with Gasteiger partial charge in [0.05, 0.1) is 6.61 Å². The Morgan fingerprint density at radius 3 is 2.52 bits per heavy atom. The van der Waals surface area contributed by atoms with Crippen molar-refractivity contribution in [1.82, 2.24) is 10.2 Å². The molecule has 7 heteroatoms. The maximum Gasteiger partial charge on any atom is 0.242 e. The first-order valence-corrected chi connectivity index (χ1v) is 12.0. The monoisotopic (exact) mass is 474 g/mol. The van der Waals surface area contributed by atoms with Crippen LogP contribution in [0.25, 0.3) is 0 Å². The van der Waals surface area contributed by atoms with E-state index in [-0.39, 0.29) is 36.6 Å². The van der Waals surface area contributed by atoms with Crippen LogP contribution < -0.4 is 10.1 Å². The molecule has 0 spiro atoms. The van der Waals surface area contributed by atoms with E-state index in [9.17, 15) is 14.0 Å². The summed E-state index contributed by atoms with van der Waals surface area (Å²) in [4.78, 5) is 27.5. The summed E-state index contributed by atoms with van der Waals surface area (Å²) in [5, 5.41) is 3.71. The van der Waals surface area contributed by atoms with Crippen LogP contribution >= 0.6 is 11.6 Å². The molecule has 1 saturated carbocycles.